The van der Waals surface area contributed by atoms with Crippen LogP contribution in [0.5, 0.6) is 11.5 Å². The summed E-state index contributed by atoms with van der Waals surface area (Å²) in [6.07, 6.45) is 2.18. The van der Waals surface area contributed by atoms with E-state index in [0.29, 0.717) is 28.9 Å². The lowest BCUT2D eigenvalue weighted by atomic mass is 10.1. The van der Waals surface area contributed by atoms with Crippen molar-refractivity contribution in [2.45, 2.75) is 11.3 Å². The Labute approximate surface area is 194 Å². The Bertz CT molecular complexity index is 1130. The first-order valence-electron chi connectivity index (χ1n) is 9.95. The van der Waals surface area contributed by atoms with Gasteiger partial charge in [0, 0.05) is 34.5 Å². The number of rotatable bonds is 7. The van der Waals surface area contributed by atoms with E-state index in [-0.39, 0.29) is 18.2 Å². The summed E-state index contributed by atoms with van der Waals surface area (Å²) in [5.41, 5.74) is 2.27. The maximum Gasteiger partial charge on any atom is 0.231 e. The lowest BCUT2D eigenvalue weighted by Crippen LogP contribution is -2.28. The second-order valence-electron chi connectivity index (χ2n) is 7.20. The molecule has 0 saturated carbocycles. The third-order valence-corrected chi connectivity index (χ3v) is 6.80. The van der Waals surface area contributed by atoms with Gasteiger partial charge in [-0.1, -0.05) is 0 Å². The average molecular weight is 470 g/mol. The fraction of sp³-hybridized carbons (Fsp3) is 0.261. The van der Waals surface area contributed by atoms with Gasteiger partial charge in [0.25, 0.3) is 0 Å². The van der Waals surface area contributed by atoms with Crippen LogP contribution in [0.3, 0.4) is 0 Å². The molecule has 2 aromatic carbocycles. The molecule has 1 aliphatic heterocycles. The Kier molecular flexibility index (Phi) is 6.66. The number of hydrogen-bond donors (Lipinski definition) is 1. The van der Waals surface area contributed by atoms with Crippen LogP contribution in [0.2, 0.25) is 0 Å². The number of aromatic nitrogens is 1. The van der Waals surface area contributed by atoms with Crippen molar-refractivity contribution >= 4 is 45.7 Å². The predicted octanol–water partition coefficient (Wildman–Crippen LogP) is 4.54. The molecule has 2 amide bonds. The van der Waals surface area contributed by atoms with Crippen LogP contribution < -0.4 is 19.7 Å². The lowest BCUT2D eigenvalue weighted by molar-refractivity contribution is -0.122. The monoisotopic (exact) mass is 469 g/mol. The Morgan fingerprint density at radius 3 is 2.66 bits per heavy atom. The molecule has 0 spiro atoms. The summed E-state index contributed by atoms with van der Waals surface area (Å²) in [5.74, 6) is 0.664. The van der Waals surface area contributed by atoms with E-state index in [4.69, 9.17) is 9.47 Å². The van der Waals surface area contributed by atoms with Gasteiger partial charge < -0.3 is 19.7 Å². The summed E-state index contributed by atoms with van der Waals surface area (Å²) in [6, 6.07) is 13.3. The SMILES string of the molecule is COc1ccc(OC)c(-c2csc(NC(=O)C3CC(=O)N(c4ccc(SC)cc4)C3)n2)c1. The quantitative estimate of drug-likeness (QED) is 0.512. The van der Waals surface area contributed by atoms with Gasteiger partial charge in [-0.3, -0.25) is 9.59 Å². The number of thioether (sulfide) groups is 1. The van der Waals surface area contributed by atoms with Gasteiger partial charge in [-0.05, 0) is 48.7 Å². The van der Waals surface area contributed by atoms with Gasteiger partial charge >= 0.3 is 0 Å². The second kappa shape index (κ2) is 9.62. The Balaban J connectivity index is 1.45. The van der Waals surface area contributed by atoms with Crippen LogP contribution in [0.1, 0.15) is 6.42 Å². The van der Waals surface area contributed by atoms with Crippen LogP contribution in [-0.2, 0) is 9.59 Å². The number of ether oxygens (including phenoxy) is 2. The Morgan fingerprint density at radius 1 is 1.19 bits per heavy atom. The fourth-order valence-electron chi connectivity index (χ4n) is 3.57. The van der Waals surface area contributed by atoms with Crippen LogP contribution in [0.4, 0.5) is 10.8 Å². The highest BCUT2D eigenvalue weighted by Crippen LogP contribution is 2.35. The molecule has 1 saturated heterocycles. The zero-order valence-corrected chi connectivity index (χ0v) is 19.6. The highest BCUT2D eigenvalue weighted by atomic mass is 32.2. The van der Waals surface area contributed by atoms with Crippen LogP contribution in [-0.4, -0.2) is 43.8 Å². The van der Waals surface area contributed by atoms with Crippen molar-refractivity contribution in [1.29, 1.82) is 0 Å². The normalized spacial score (nSPS) is 15.7. The average Bonchev–Trinajstić information content (AvgIpc) is 3.45. The highest BCUT2D eigenvalue weighted by molar-refractivity contribution is 7.98. The van der Waals surface area contributed by atoms with Gasteiger partial charge in [-0.2, -0.15) is 0 Å². The van der Waals surface area contributed by atoms with Crippen LogP contribution in [0, 0.1) is 5.92 Å². The fourth-order valence-corrected chi connectivity index (χ4v) is 4.69. The van der Waals surface area contributed by atoms with Crippen molar-refractivity contribution in [3.05, 3.63) is 47.8 Å². The smallest absolute Gasteiger partial charge is 0.231 e. The summed E-state index contributed by atoms with van der Waals surface area (Å²) in [7, 11) is 3.19. The number of nitrogens with zero attached hydrogens (tertiary/aromatic N) is 2. The predicted molar refractivity (Wildman–Crippen MR) is 128 cm³/mol. The maximum absolute atomic E-state index is 12.8. The van der Waals surface area contributed by atoms with Gasteiger partial charge in [0.15, 0.2) is 5.13 Å². The summed E-state index contributed by atoms with van der Waals surface area (Å²) in [4.78, 5) is 32.7. The molecule has 2 heterocycles. The molecule has 7 nitrogen and oxygen atoms in total. The first-order valence-corrected chi connectivity index (χ1v) is 12.1. The van der Waals surface area contributed by atoms with Gasteiger partial charge in [-0.25, -0.2) is 4.98 Å². The van der Waals surface area contributed by atoms with Gasteiger partial charge in [0.2, 0.25) is 11.8 Å². The van der Waals surface area contributed by atoms with Crippen LogP contribution >= 0.6 is 23.1 Å². The van der Waals surface area contributed by atoms with E-state index in [1.165, 1.54) is 11.3 Å². The van der Waals surface area contributed by atoms with Crippen molar-refractivity contribution < 1.29 is 19.1 Å². The molecule has 1 fully saturated rings. The van der Waals surface area contributed by atoms with Crippen molar-refractivity contribution in [2.75, 3.05) is 37.2 Å². The first kappa shape index (κ1) is 22.2. The lowest BCUT2D eigenvalue weighted by Gasteiger charge is -2.16. The number of thiazole rings is 1. The zero-order valence-electron chi connectivity index (χ0n) is 18.0. The number of benzene rings is 2. The Hall–Kier alpha value is -3.04. The van der Waals surface area contributed by atoms with Crippen LogP contribution in [0.25, 0.3) is 11.3 Å². The first-order chi connectivity index (χ1) is 15.5. The number of carbonyl (C=O) groups is 2. The van der Waals surface area contributed by atoms with E-state index in [2.05, 4.69) is 10.3 Å². The third-order valence-electron chi connectivity index (χ3n) is 5.30. The molecule has 1 aromatic heterocycles. The van der Waals surface area contributed by atoms with E-state index in [1.54, 1.807) is 30.9 Å². The molecule has 4 rings (SSSR count). The summed E-state index contributed by atoms with van der Waals surface area (Å²) in [5, 5.41) is 5.20. The highest BCUT2D eigenvalue weighted by Gasteiger charge is 2.35. The zero-order chi connectivity index (χ0) is 22.7. The molecule has 166 valence electrons. The molecule has 0 radical (unpaired) electrons. The molecular formula is C23H23N3O4S2. The van der Waals surface area contributed by atoms with E-state index in [0.717, 1.165) is 16.1 Å². The maximum atomic E-state index is 12.8. The van der Waals surface area contributed by atoms with Crippen molar-refractivity contribution in [2.24, 2.45) is 5.92 Å². The van der Waals surface area contributed by atoms with Gasteiger partial charge in [0.1, 0.15) is 11.5 Å². The standard InChI is InChI=1S/C23H23N3O4S2/c1-29-16-6-9-20(30-2)18(11-16)19-13-32-23(24-19)25-22(28)14-10-21(27)26(12-14)15-4-7-17(31-3)8-5-15/h4-9,11,13-14H,10,12H2,1-3H3,(H,24,25,28). The van der Waals surface area contributed by atoms with E-state index in [1.807, 2.05) is 54.1 Å². The van der Waals surface area contributed by atoms with E-state index < -0.39 is 5.92 Å². The topological polar surface area (TPSA) is 80.8 Å². The minimum absolute atomic E-state index is 0.0528. The molecule has 1 N–H and O–H groups in total. The summed E-state index contributed by atoms with van der Waals surface area (Å²) >= 11 is 2.97. The van der Waals surface area contributed by atoms with Crippen molar-refractivity contribution in [1.82, 2.24) is 4.98 Å². The van der Waals surface area contributed by atoms with Gasteiger partial charge in [-0.15, -0.1) is 23.1 Å². The number of carbonyl (C=O) groups excluding carboxylic acids is 2. The molecule has 3 aromatic rings. The van der Waals surface area contributed by atoms with Crippen molar-refractivity contribution in [3.8, 4) is 22.8 Å². The van der Waals surface area contributed by atoms with Crippen molar-refractivity contribution in [3.63, 3.8) is 0 Å². The molecule has 1 atom stereocenters. The molecule has 9 heteroatoms. The van der Waals surface area contributed by atoms with E-state index in [9.17, 15) is 9.59 Å². The largest absolute Gasteiger partial charge is 0.497 e. The van der Waals surface area contributed by atoms with Crippen LogP contribution in [0.15, 0.2) is 52.7 Å². The number of nitrogens with one attached hydrogen (secondary N) is 1. The second-order valence-corrected chi connectivity index (χ2v) is 8.93. The summed E-state index contributed by atoms with van der Waals surface area (Å²) in [6.45, 7) is 0.352. The third kappa shape index (κ3) is 4.58. The van der Waals surface area contributed by atoms with Gasteiger partial charge in [0.05, 0.1) is 25.8 Å². The molecule has 0 aliphatic carbocycles. The number of amides is 2. The summed E-state index contributed by atoms with van der Waals surface area (Å²) < 4.78 is 10.7. The Morgan fingerprint density at radius 2 is 1.97 bits per heavy atom. The molecular weight excluding hydrogens is 446 g/mol. The number of hydrogen-bond acceptors (Lipinski definition) is 7. The molecule has 1 aliphatic rings. The minimum Gasteiger partial charge on any atom is -0.497 e. The molecule has 32 heavy (non-hydrogen) atoms. The molecule has 0 bridgehead atoms. The minimum atomic E-state index is -0.429. The molecule has 1 unspecified atom stereocenters. The number of anilines is 2. The number of methoxy groups -OCH3 is 2. The van der Waals surface area contributed by atoms with E-state index >= 15 is 0 Å².